The molecule has 0 amide bonds. The summed E-state index contributed by atoms with van der Waals surface area (Å²) in [4.78, 5) is 13.0. The summed E-state index contributed by atoms with van der Waals surface area (Å²) in [7, 11) is 1.99. The zero-order valence-electron chi connectivity index (χ0n) is 9.97. The van der Waals surface area contributed by atoms with E-state index in [4.69, 9.17) is 5.11 Å². The van der Waals surface area contributed by atoms with Crippen LogP contribution < -0.4 is 4.90 Å². The van der Waals surface area contributed by atoms with Gasteiger partial charge in [0.15, 0.2) is 0 Å². The Morgan fingerprint density at radius 1 is 1.28 bits per heavy atom. The van der Waals surface area contributed by atoms with Crippen molar-refractivity contribution in [1.29, 1.82) is 0 Å². The van der Waals surface area contributed by atoms with Crippen LogP contribution in [0.1, 0.15) is 15.9 Å². The number of hydrogen-bond donors (Lipinski definition) is 2. The summed E-state index contributed by atoms with van der Waals surface area (Å²) in [5.74, 6) is -0.838. The number of phenolic OH excluding ortho intramolecular Hbond substituents is 1. The Kier molecular flexibility index (Phi) is 2.20. The molecule has 0 bridgehead atoms. The molecule has 2 N–H and O–H groups in total. The van der Waals surface area contributed by atoms with Gasteiger partial charge in [0.1, 0.15) is 5.75 Å². The lowest BCUT2D eigenvalue weighted by molar-refractivity contribution is 0.0697. The fourth-order valence-electron chi connectivity index (χ4n) is 2.59. The standard InChI is InChI=1S/C14H13NO3/c1-15-5-4-10-9-3-2-8(14(17)18)6-11(9)13(16)7-12(10)15/h2-3,6-7,16H,4-5H2,1H3,(H,17,18). The van der Waals surface area contributed by atoms with E-state index in [0.717, 1.165) is 24.0 Å². The van der Waals surface area contributed by atoms with Crippen molar-refractivity contribution in [2.45, 2.75) is 6.42 Å². The van der Waals surface area contributed by atoms with E-state index >= 15 is 0 Å². The molecule has 0 saturated heterocycles. The number of nitrogens with zero attached hydrogens (tertiary/aromatic N) is 1. The Hall–Kier alpha value is -2.23. The molecule has 0 saturated carbocycles. The number of benzene rings is 2. The van der Waals surface area contributed by atoms with Crippen LogP contribution in [0.3, 0.4) is 0 Å². The SMILES string of the molecule is CN1CCc2c1cc(O)c1cc(C(=O)O)ccc21. The smallest absolute Gasteiger partial charge is 0.335 e. The van der Waals surface area contributed by atoms with Crippen LogP contribution in [0.15, 0.2) is 24.3 Å². The van der Waals surface area contributed by atoms with Crippen molar-refractivity contribution < 1.29 is 15.0 Å². The van der Waals surface area contributed by atoms with Crippen molar-refractivity contribution in [1.82, 2.24) is 0 Å². The summed E-state index contributed by atoms with van der Waals surface area (Å²) in [6.07, 6.45) is 0.926. The molecule has 1 aliphatic heterocycles. The Balaban J connectivity index is 2.33. The van der Waals surface area contributed by atoms with E-state index in [0.29, 0.717) is 5.39 Å². The molecule has 4 heteroatoms. The van der Waals surface area contributed by atoms with Crippen LogP contribution in [0.25, 0.3) is 10.8 Å². The molecule has 0 aliphatic carbocycles. The molecule has 18 heavy (non-hydrogen) atoms. The summed E-state index contributed by atoms with van der Waals surface area (Å²) < 4.78 is 0. The van der Waals surface area contributed by atoms with E-state index in [9.17, 15) is 9.90 Å². The number of hydrogen-bond acceptors (Lipinski definition) is 3. The normalized spacial score (nSPS) is 13.9. The van der Waals surface area contributed by atoms with Crippen LogP contribution in [0.2, 0.25) is 0 Å². The monoisotopic (exact) mass is 243 g/mol. The largest absolute Gasteiger partial charge is 0.507 e. The number of carbonyl (C=O) groups is 1. The highest BCUT2D eigenvalue weighted by Gasteiger charge is 2.20. The molecular formula is C14H13NO3. The van der Waals surface area contributed by atoms with Gasteiger partial charge in [-0.15, -0.1) is 0 Å². The number of fused-ring (bicyclic) bond motifs is 3. The molecule has 0 radical (unpaired) electrons. The summed E-state index contributed by atoms with van der Waals surface area (Å²) in [6, 6.07) is 6.63. The minimum absolute atomic E-state index is 0.139. The topological polar surface area (TPSA) is 60.8 Å². The van der Waals surface area contributed by atoms with Crippen molar-refractivity contribution in [3.8, 4) is 5.75 Å². The maximum atomic E-state index is 11.0. The van der Waals surface area contributed by atoms with Gasteiger partial charge in [0.05, 0.1) is 5.56 Å². The molecule has 0 spiro atoms. The zero-order chi connectivity index (χ0) is 12.9. The molecule has 1 heterocycles. The van der Waals surface area contributed by atoms with Crippen LogP contribution in [0, 0.1) is 0 Å². The molecule has 0 fully saturated rings. The lowest BCUT2D eigenvalue weighted by Gasteiger charge is -2.14. The summed E-state index contributed by atoms with van der Waals surface area (Å²) >= 11 is 0. The van der Waals surface area contributed by atoms with E-state index in [1.165, 1.54) is 11.6 Å². The highest BCUT2D eigenvalue weighted by molar-refractivity contribution is 6.00. The quantitative estimate of drug-likeness (QED) is 0.806. The van der Waals surface area contributed by atoms with Gasteiger partial charge in [-0.25, -0.2) is 4.79 Å². The molecule has 3 rings (SSSR count). The van der Waals surface area contributed by atoms with Crippen molar-refractivity contribution in [2.75, 3.05) is 18.5 Å². The molecule has 2 aromatic carbocycles. The molecule has 0 aromatic heterocycles. The van der Waals surface area contributed by atoms with Crippen molar-refractivity contribution in [3.05, 3.63) is 35.4 Å². The van der Waals surface area contributed by atoms with E-state index < -0.39 is 5.97 Å². The average molecular weight is 243 g/mol. The van der Waals surface area contributed by atoms with Gasteiger partial charge in [-0.05, 0) is 29.5 Å². The number of phenols is 1. The molecule has 1 aliphatic rings. The Bertz CT molecular complexity index is 664. The number of carboxylic acids is 1. The van der Waals surface area contributed by atoms with Gasteiger partial charge in [0.25, 0.3) is 0 Å². The average Bonchev–Trinajstić information content (AvgIpc) is 2.71. The number of aromatic carboxylic acids is 1. The van der Waals surface area contributed by atoms with Gasteiger partial charge in [0, 0.05) is 30.7 Å². The molecule has 4 nitrogen and oxygen atoms in total. The van der Waals surface area contributed by atoms with Gasteiger partial charge < -0.3 is 15.1 Å². The predicted molar refractivity (Wildman–Crippen MR) is 69.5 cm³/mol. The fourth-order valence-corrected chi connectivity index (χ4v) is 2.59. The first-order valence-electron chi connectivity index (χ1n) is 5.81. The van der Waals surface area contributed by atoms with Gasteiger partial charge in [-0.1, -0.05) is 6.07 Å². The van der Waals surface area contributed by atoms with Crippen molar-refractivity contribution >= 4 is 22.4 Å². The Morgan fingerprint density at radius 2 is 2.06 bits per heavy atom. The minimum Gasteiger partial charge on any atom is -0.507 e. The second-order valence-electron chi connectivity index (χ2n) is 4.63. The minimum atomic E-state index is -0.978. The maximum Gasteiger partial charge on any atom is 0.335 e. The second-order valence-corrected chi connectivity index (χ2v) is 4.63. The molecular weight excluding hydrogens is 230 g/mol. The maximum absolute atomic E-state index is 11.0. The Morgan fingerprint density at radius 3 is 2.78 bits per heavy atom. The van der Waals surface area contributed by atoms with E-state index in [-0.39, 0.29) is 11.3 Å². The third kappa shape index (κ3) is 1.42. The number of likely N-dealkylation sites (N-methyl/N-ethyl adjacent to an activating group) is 1. The van der Waals surface area contributed by atoms with Gasteiger partial charge in [-0.3, -0.25) is 0 Å². The fraction of sp³-hybridized carbons (Fsp3) is 0.214. The number of anilines is 1. The van der Waals surface area contributed by atoms with Gasteiger partial charge >= 0.3 is 5.97 Å². The van der Waals surface area contributed by atoms with Gasteiger partial charge in [-0.2, -0.15) is 0 Å². The molecule has 92 valence electrons. The second kappa shape index (κ2) is 3.63. The highest BCUT2D eigenvalue weighted by atomic mass is 16.4. The van der Waals surface area contributed by atoms with E-state index in [2.05, 4.69) is 4.90 Å². The third-order valence-corrected chi connectivity index (χ3v) is 3.56. The first-order chi connectivity index (χ1) is 8.58. The molecule has 0 unspecified atom stereocenters. The van der Waals surface area contributed by atoms with Crippen LogP contribution in [0.5, 0.6) is 5.75 Å². The zero-order valence-corrected chi connectivity index (χ0v) is 9.97. The van der Waals surface area contributed by atoms with Crippen LogP contribution >= 0.6 is 0 Å². The Labute approximate surface area is 104 Å². The predicted octanol–water partition coefficient (Wildman–Crippen LogP) is 2.24. The van der Waals surface area contributed by atoms with Crippen LogP contribution in [0.4, 0.5) is 5.69 Å². The lowest BCUT2D eigenvalue weighted by atomic mass is 9.99. The lowest BCUT2D eigenvalue weighted by Crippen LogP contribution is -2.12. The number of aromatic hydroxyl groups is 1. The van der Waals surface area contributed by atoms with Gasteiger partial charge in [0.2, 0.25) is 0 Å². The molecule has 2 aromatic rings. The van der Waals surface area contributed by atoms with Crippen LogP contribution in [-0.2, 0) is 6.42 Å². The number of carboxylic acid groups (broad SMARTS) is 1. The first kappa shape index (κ1) is 10.9. The third-order valence-electron chi connectivity index (χ3n) is 3.56. The highest BCUT2D eigenvalue weighted by Crippen LogP contribution is 2.39. The van der Waals surface area contributed by atoms with Crippen LogP contribution in [-0.4, -0.2) is 29.8 Å². The first-order valence-corrected chi connectivity index (χ1v) is 5.81. The van der Waals surface area contributed by atoms with E-state index in [1.54, 1.807) is 18.2 Å². The number of rotatable bonds is 1. The summed E-state index contributed by atoms with van der Waals surface area (Å²) in [5.41, 5.74) is 2.41. The summed E-state index contributed by atoms with van der Waals surface area (Å²) in [5, 5.41) is 20.6. The van der Waals surface area contributed by atoms with E-state index in [1.807, 2.05) is 7.05 Å². The van der Waals surface area contributed by atoms with Crippen molar-refractivity contribution in [3.63, 3.8) is 0 Å². The van der Waals surface area contributed by atoms with Crippen molar-refractivity contribution in [2.24, 2.45) is 0 Å². The summed E-state index contributed by atoms with van der Waals surface area (Å²) in [6.45, 7) is 0.925. The molecule has 0 atom stereocenters.